The zero-order valence-electron chi connectivity index (χ0n) is 10.6. The number of halogens is 1. The molecule has 1 aliphatic heterocycles. The van der Waals surface area contributed by atoms with E-state index in [1.807, 2.05) is 0 Å². The van der Waals surface area contributed by atoms with Crippen molar-refractivity contribution in [1.82, 2.24) is 4.90 Å². The number of benzene rings is 1. The number of hydrogen-bond acceptors (Lipinski definition) is 3. The predicted octanol–water partition coefficient (Wildman–Crippen LogP) is 2.18. The standard InChI is InChI=1S/C13H17ClN2O2/c1-9-8-16(7-6-15(9)2)12-10(13(17)18)4-3-5-11(12)14/h3-5,9H,6-8H2,1-2H3,(H,17,18). The van der Waals surface area contributed by atoms with Crippen LogP contribution in [0.15, 0.2) is 18.2 Å². The molecule has 1 N–H and O–H groups in total. The van der Waals surface area contributed by atoms with Gasteiger partial charge in [0.05, 0.1) is 16.3 Å². The Bertz CT molecular complexity index is 464. The van der Waals surface area contributed by atoms with Crippen LogP contribution >= 0.6 is 11.6 Å². The SMILES string of the molecule is CC1CN(c2c(Cl)cccc2C(=O)O)CCN1C. The summed E-state index contributed by atoms with van der Waals surface area (Å²) < 4.78 is 0. The second-order valence-corrected chi connectivity index (χ2v) is 5.12. The minimum absolute atomic E-state index is 0.277. The van der Waals surface area contributed by atoms with E-state index in [2.05, 4.69) is 23.8 Å². The van der Waals surface area contributed by atoms with Gasteiger partial charge in [-0.1, -0.05) is 17.7 Å². The smallest absolute Gasteiger partial charge is 0.337 e. The molecule has 0 saturated carbocycles. The first kappa shape index (κ1) is 13.2. The Morgan fingerprint density at radius 3 is 2.78 bits per heavy atom. The maximum Gasteiger partial charge on any atom is 0.337 e. The van der Waals surface area contributed by atoms with Crippen molar-refractivity contribution in [2.45, 2.75) is 13.0 Å². The molecule has 0 amide bonds. The first-order valence-corrected chi connectivity index (χ1v) is 6.35. The largest absolute Gasteiger partial charge is 0.478 e. The molecule has 0 bridgehead atoms. The van der Waals surface area contributed by atoms with Crippen LogP contribution in [0, 0.1) is 0 Å². The maximum absolute atomic E-state index is 11.3. The van der Waals surface area contributed by atoms with E-state index in [9.17, 15) is 9.90 Å². The van der Waals surface area contributed by atoms with Crippen molar-refractivity contribution in [1.29, 1.82) is 0 Å². The molecule has 98 valence electrons. The fourth-order valence-electron chi connectivity index (χ4n) is 2.26. The van der Waals surface area contributed by atoms with Crippen LogP contribution in [0.5, 0.6) is 0 Å². The number of carboxylic acids is 1. The van der Waals surface area contributed by atoms with Gasteiger partial charge < -0.3 is 14.9 Å². The van der Waals surface area contributed by atoms with Crippen LogP contribution in [0.4, 0.5) is 5.69 Å². The lowest BCUT2D eigenvalue weighted by atomic mass is 10.1. The highest BCUT2D eigenvalue weighted by Crippen LogP contribution is 2.31. The van der Waals surface area contributed by atoms with Gasteiger partial charge in [-0.2, -0.15) is 0 Å². The summed E-state index contributed by atoms with van der Waals surface area (Å²) in [5.74, 6) is -0.931. The molecule has 18 heavy (non-hydrogen) atoms. The molecule has 0 aromatic heterocycles. The average Bonchev–Trinajstić information content (AvgIpc) is 2.32. The van der Waals surface area contributed by atoms with E-state index in [0.717, 1.165) is 19.6 Å². The molecular weight excluding hydrogens is 252 g/mol. The van der Waals surface area contributed by atoms with Gasteiger partial charge in [0, 0.05) is 25.7 Å². The average molecular weight is 269 g/mol. The summed E-state index contributed by atoms with van der Waals surface area (Å²) in [5, 5.41) is 9.75. The number of carbonyl (C=O) groups is 1. The van der Waals surface area contributed by atoms with Crippen molar-refractivity contribution in [2.24, 2.45) is 0 Å². The molecule has 0 aliphatic carbocycles. The lowest BCUT2D eigenvalue weighted by Gasteiger charge is -2.39. The summed E-state index contributed by atoms with van der Waals surface area (Å²) in [6, 6.07) is 5.41. The van der Waals surface area contributed by atoms with Crippen molar-refractivity contribution in [3.63, 3.8) is 0 Å². The minimum Gasteiger partial charge on any atom is -0.478 e. The van der Waals surface area contributed by atoms with Crippen molar-refractivity contribution in [3.8, 4) is 0 Å². The molecule has 1 fully saturated rings. The topological polar surface area (TPSA) is 43.8 Å². The second kappa shape index (κ2) is 5.16. The van der Waals surface area contributed by atoms with Crippen LogP contribution in [0.25, 0.3) is 0 Å². The molecule has 0 spiro atoms. The maximum atomic E-state index is 11.3. The molecule has 1 heterocycles. The van der Waals surface area contributed by atoms with E-state index in [1.165, 1.54) is 0 Å². The van der Waals surface area contributed by atoms with Gasteiger partial charge in [0.2, 0.25) is 0 Å². The van der Waals surface area contributed by atoms with Crippen LogP contribution in [-0.2, 0) is 0 Å². The van der Waals surface area contributed by atoms with Crippen LogP contribution in [-0.4, -0.2) is 48.7 Å². The summed E-state index contributed by atoms with van der Waals surface area (Å²) in [5.41, 5.74) is 0.922. The van der Waals surface area contributed by atoms with Gasteiger partial charge in [0.15, 0.2) is 0 Å². The lowest BCUT2D eigenvalue weighted by Crippen LogP contribution is -2.50. The van der Waals surface area contributed by atoms with Crippen molar-refractivity contribution >= 4 is 23.3 Å². The number of rotatable bonds is 2. The van der Waals surface area contributed by atoms with Crippen molar-refractivity contribution in [3.05, 3.63) is 28.8 Å². The molecule has 5 heteroatoms. The highest BCUT2D eigenvalue weighted by molar-refractivity contribution is 6.34. The first-order chi connectivity index (χ1) is 8.50. The van der Waals surface area contributed by atoms with Crippen LogP contribution < -0.4 is 4.90 Å². The molecule has 1 atom stereocenters. The molecule has 1 aliphatic rings. The number of hydrogen-bond donors (Lipinski definition) is 1. The predicted molar refractivity (Wildman–Crippen MR) is 72.7 cm³/mol. The van der Waals surface area contributed by atoms with E-state index < -0.39 is 5.97 Å². The van der Waals surface area contributed by atoms with Crippen LogP contribution in [0.1, 0.15) is 17.3 Å². The number of carboxylic acid groups (broad SMARTS) is 1. The monoisotopic (exact) mass is 268 g/mol. The number of aromatic carboxylic acids is 1. The fraction of sp³-hybridized carbons (Fsp3) is 0.462. The Balaban J connectivity index is 2.36. The summed E-state index contributed by atoms with van der Waals surface area (Å²) in [4.78, 5) is 15.6. The second-order valence-electron chi connectivity index (χ2n) is 4.72. The molecule has 1 unspecified atom stereocenters. The number of para-hydroxylation sites is 1. The summed E-state index contributed by atoms with van der Waals surface area (Å²) in [6.45, 7) is 4.63. The zero-order chi connectivity index (χ0) is 13.3. The Morgan fingerprint density at radius 1 is 1.44 bits per heavy atom. The van der Waals surface area contributed by atoms with Crippen molar-refractivity contribution < 1.29 is 9.90 Å². The van der Waals surface area contributed by atoms with Crippen LogP contribution in [0.3, 0.4) is 0 Å². The third-order valence-electron chi connectivity index (χ3n) is 3.49. The normalized spacial score (nSPS) is 21.1. The zero-order valence-corrected chi connectivity index (χ0v) is 11.3. The van der Waals surface area contributed by atoms with E-state index >= 15 is 0 Å². The highest BCUT2D eigenvalue weighted by Gasteiger charge is 2.25. The fourth-order valence-corrected chi connectivity index (χ4v) is 2.55. The van der Waals surface area contributed by atoms with Gasteiger partial charge in [0.25, 0.3) is 0 Å². The van der Waals surface area contributed by atoms with E-state index in [-0.39, 0.29) is 5.56 Å². The first-order valence-electron chi connectivity index (χ1n) is 5.97. The summed E-state index contributed by atoms with van der Waals surface area (Å²) in [6.07, 6.45) is 0. The molecule has 4 nitrogen and oxygen atoms in total. The molecule has 1 saturated heterocycles. The molecule has 1 aromatic carbocycles. The van der Waals surface area contributed by atoms with Gasteiger partial charge in [-0.3, -0.25) is 0 Å². The Labute approximate surface area is 112 Å². The third-order valence-corrected chi connectivity index (χ3v) is 3.80. The lowest BCUT2D eigenvalue weighted by molar-refractivity contribution is 0.0697. The summed E-state index contributed by atoms with van der Waals surface area (Å²) in [7, 11) is 2.08. The van der Waals surface area contributed by atoms with Gasteiger partial charge in [0.1, 0.15) is 0 Å². The third kappa shape index (κ3) is 2.44. The number of nitrogens with zero attached hydrogens (tertiary/aromatic N) is 2. The Morgan fingerprint density at radius 2 is 2.17 bits per heavy atom. The minimum atomic E-state index is -0.931. The van der Waals surface area contributed by atoms with Gasteiger partial charge in [-0.25, -0.2) is 4.79 Å². The Kier molecular flexibility index (Phi) is 3.78. The number of anilines is 1. The number of piperazine rings is 1. The number of likely N-dealkylation sites (N-methyl/N-ethyl adjacent to an activating group) is 1. The van der Waals surface area contributed by atoms with Gasteiger partial charge >= 0.3 is 5.97 Å². The molecule has 2 rings (SSSR count). The summed E-state index contributed by atoms with van der Waals surface area (Å²) >= 11 is 6.17. The molecular formula is C13H17ClN2O2. The van der Waals surface area contributed by atoms with E-state index in [4.69, 9.17) is 11.6 Å². The molecule has 1 aromatic rings. The van der Waals surface area contributed by atoms with Gasteiger partial charge in [-0.15, -0.1) is 0 Å². The van der Waals surface area contributed by atoms with Crippen molar-refractivity contribution in [2.75, 3.05) is 31.6 Å². The quantitative estimate of drug-likeness (QED) is 0.893. The van der Waals surface area contributed by atoms with Gasteiger partial charge in [-0.05, 0) is 26.1 Å². The Hall–Kier alpha value is -1.26. The molecule has 0 radical (unpaired) electrons. The van der Waals surface area contributed by atoms with E-state index in [0.29, 0.717) is 16.8 Å². The van der Waals surface area contributed by atoms with Crippen LogP contribution in [0.2, 0.25) is 5.02 Å². The van der Waals surface area contributed by atoms with E-state index in [1.54, 1.807) is 18.2 Å². The highest BCUT2D eigenvalue weighted by atomic mass is 35.5.